The number of nitrogens with zero attached hydrogens (tertiary/aromatic N) is 7. The van der Waals surface area contributed by atoms with E-state index in [1.54, 1.807) is 24.5 Å². The summed E-state index contributed by atoms with van der Waals surface area (Å²) in [5.74, 6) is 2.08. The predicted molar refractivity (Wildman–Crippen MR) is 137 cm³/mol. The largest absolute Gasteiger partial charge is 0.396 e. The lowest BCUT2D eigenvalue weighted by atomic mass is 9.98. The van der Waals surface area contributed by atoms with Crippen LogP contribution in [0.25, 0.3) is 5.69 Å². The highest BCUT2D eigenvalue weighted by atomic mass is 35.5. The number of piperidine rings is 1. The second kappa shape index (κ2) is 11.3. The Balaban J connectivity index is 0.00000289. The molecule has 0 spiro atoms. The zero-order valence-electron chi connectivity index (χ0n) is 20.1. The summed E-state index contributed by atoms with van der Waals surface area (Å²) in [5, 5.41) is 14.0. The second-order valence-corrected chi connectivity index (χ2v) is 9.22. The van der Waals surface area contributed by atoms with Crippen LogP contribution < -0.4 is 9.80 Å². The molecule has 1 N–H and O–H groups in total. The first kappa shape index (κ1) is 25.3. The van der Waals surface area contributed by atoms with Crippen molar-refractivity contribution in [3.05, 3.63) is 59.9 Å². The zero-order valence-corrected chi connectivity index (χ0v) is 20.9. The standard InChI is InChI=1S/C25H32FN7O.ClH/c1-19-21(16-29-33(19)23-4-2-22(26)3-5-23)17-30-12-14-32(15-13-30)25-24(27-8-9-28-25)31-10-6-20(18-34)7-11-31;/h2-5,8-9,16,20,34H,6-7,10-15,17-18H2,1H3;1H. The van der Waals surface area contributed by atoms with Gasteiger partial charge in [-0.3, -0.25) is 4.90 Å². The number of rotatable bonds is 6. The summed E-state index contributed by atoms with van der Waals surface area (Å²) in [6.45, 7) is 8.64. The number of benzene rings is 1. The Kier molecular flexibility index (Phi) is 8.20. The molecule has 188 valence electrons. The molecule has 2 aliphatic rings. The number of aliphatic hydroxyl groups excluding tert-OH is 1. The lowest BCUT2D eigenvalue weighted by Gasteiger charge is -2.38. The van der Waals surface area contributed by atoms with Gasteiger partial charge >= 0.3 is 0 Å². The molecule has 3 aromatic rings. The minimum atomic E-state index is -0.243. The van der Waals surface area contributed by atoms with Crippen molar-refractivity contribution >= 4 is 24.0 Å². The Labute approximate surface area is 211 Å². The van der Waals surface area contributed by atoms with Crippen molar-refractivity contribution in [2.45, 2.75) is 26.3 Å². The van der Waals surface area contributed by atoms with Gasteiger partial charge in [-0.25, -0.2) is 19.0 Å². The highest BCUT2D eigenvalue weighted by Gasteiger charge is 2.26. The van der Waals surface area contributed by atoms with Crippen LogP contribution in [0.1, 0.15) is 24.1 Å². The summed E-state index contributed by atoms with van der Waals surface area (Å²) in [6, 6.07) is 6.43. The van der Waals surface area contributed by atoms with Crippen LogP contribution >= 0.6 is 12.4 Å². The molecule has 8 nitrogen and oxygen atoms in total. The number of aliphatic hydroxyl groups is 1. The maximum Gasteiger partial charge on any atom is 0.172 e. The van der Waals surface area contributed by atoms with E-state index in [0.717, 1.165) is 81.7 Å². The zero-order chi connectivity index (χ0) is 23.5. The third-order valence-corrected chi connectivity index (χ3v) is 7.08. The minimum absolute atomic E-state index is 0. The average Bonchev–Trinajstić information content (AvgIpc) is 3.25. The molecular formula is C25H33ClFN7O. The third-order valence-electron chi connectivity index (χ3n) is 7.08. The van der Waals surface area contributed by atoms with E-state index in [9.17, 15) is 9.50 Å². The fraction of sp³-hybridized carbons (Fsp3) is 0.480. The van der Waals surface area contributed by atoms with Crippen molar-refractivity contribution in [3.8, 4) is 5.69 Å². The van der Waals surface area contributed by atoms with Crippen LogP contribution in [0.2, 0.25) is 0 Å². The van der Waals surface area contributed by atoms with Crippen molar-refractivity contribution < 1.29 is 9.50 Å². The number of hydrogen-bond donors (Lipinski definition) is 1. The molecule has 2 aromatic heterocycles. The van der Waals surface area contributed by atoms with Gasteiger partial charge in [0.05, 0.1) is 11.9 Å². The number of anilines is 2. The minimum Gasteiger partial charge on any atom is -0.396 e. The molecule has 0 bridgehead atoms. The highest BCUT2D eigenvalue weighted by molar-refractivity contribution is 5.85. The van der Waals surface area contributed by atoms with Gasteiger partial charge in [-0.2, -0.15) is 5.10 Å². The molecule has 0 unspecified atom stereocenters. The molecule has 2 saturated heterocycles. The first-order chi connectivity index (χ1) is 16.6. The lowest BCUT2D eigenvalue weighted by molar-refractivity contribution is 0.202. The highest BCUT2D eigenvalue weighted by Crippen LogP contribution is 2.29. The van der Waals surface area contributed by atoms with Gasteiger partial charge in [0, 0.05) is 76.1 Å². The molecule has 0 atom stereocenters. The van der Waals surface area contributed by atoms with Crippen LogP contribution in [-0.4, -0.2) is 75.6 Å². The summed E-state index contributed by atoms with van der Waals surface area (Å²) >= 11 is 0. The fourth-order valence-electron chi connectivity index (χ4n) is 4.90. The fourth-order valence-corrected chi connectivity index (χ4v) is 4.90. The summed E-state index contributed by atoms with van der Waals surface area (Å²) in [5.41, 5.74) is 3.13. The molecule has 10 heteroatoms. The van der Waals surface area contributed by atoms with E-state index in [-0.39, 0.29) is 24.8 Å². The molecule has 5 rings (SSSR count). The summed E-state index contributed by atoms with van der Waals surface area (Å²) in [6.07, 6.45) is 7.45. The Morgan fingerprint density at radius 2 is 1.51 bits per heavy atom. The van der Waals surface area contributed by atoms with E-state index >= 15 is 0 Å². The predicted octanol–water partition coefficient (Wildman–Crippen LogP) is 3.06. The van der Waals surface area contributed by atoms with Crippen LogP contribution in [0.15, 0.2) is 42.9 Å². The molecular weight excluding hydrogens is 469 g/mol. The van der Waals surface area contributed by atoms with Crippen molar-refractivity contribution in [2.24, 2.45) is 5.92 Å². The van der Waals surface area contributed by atoms with E-state index in [1.807, 2.05) is 10.9 Å². The normalized spacial score (nSPS) is 17.5. The van der Waals surface area contributed by atoms with Gasteiger partial charge in [0.2, 0.25) is 0 Å². The van der Waals surface area contributed by atoms with Crippen LogP contribution in [0.4, 0.5) is 16.0 Å². The SMILES string of the molecule is Cc1c(CN2CCN(c3nccnc3N3CCC(CO)CC3)CC2)cnn1-c1ccc(F)cc1.Cl. The lowest BCUT2D eigenvalue weighted by Crippen LogP contribution is -2.47. The van der Waals surface area contributed by atoms with Gasteiger partial charge in [-0.05, 0) is 49.9 Å². The Morgan fingerprint density at radius 1 is 0.914 bits per heavy atom. The Hall–Kier alpha value is -2.75. The molecule has 0 radical (unpaired) electrons. The van der Waals surface area contributed by atoms with Crippen molar-refractivity contribution in [1.82, 2.24) is 24.6 Å². The molecule has 35 heavy (non-hydrogen) atoms. The molecule has 2 fully saturated rings. The maximum absolute atomic E-state index is 13.3. The average molecular weight is 502 g/mol. The van der Waals surface area contributed by atoms with Gasteiger partial charge in [0.25, 0.3) is 0 Å². The molecule has 1 aromatic carbocycles. The van der Waals surface area contributed by atoms with Gasteiger partial charge in [-0.1, -0.05) is 0 Å². The van der Waals surface area contributed by atoms with Crippen LogP contribution in [-0.2, 0) is 6.54 Å². The first-order valence-electron chi connectivity index (χ1n) is 12.1. The smallest absolute Gasteiger partial charge is 0.172 e. The first-order valence-corrected chi connectivity index (χ1v) is 12.1. The Bertz CT molecular complexity index is 1090. The van der Waals surface area contributed by atoms with Crippen molar-refractivity contribution in [3.63, 3.8) is 0 Å². The molecule has 0 aliphatic carbocycles. The van der Waals surface area contributed by atoms with Crippen LogP contribution in [0.5, 0.6) is 0 Å². The van der Waals surface area contributed by atoms with Crippen molar-refractivity contribution in [2.75, 3.05) is 55.7 Å². The summed E-state index contributed by atoms with van der Waals surface area (Å²) in [4.78, 5) is 16.5. The monoisotopic (exact) mass is 501 g/mol. The van der Waals surface area contributed by atoms with Crippen LogP contribution in [0, 0.1) is 18.7 Å². The van der Waals surface area contributed by atoms with Gasteiger partial charge in [0.15, 0.2) is 11.6 Å². The van der Waals surface area contributed by atoms with E-state index in [0.29, 0.717) is 5.92 Å². The molecule has 0 amide bonds. The van der Waals surface area contributed by atoms with E-state index in [2.05, 4.69) is 31.7 Å². The summed E-state index contributed by atoms with van der Waals surface area (Å²) < 4.78 is 15.1. The molecule has 4 heterocycles. The van der Waals surface area contributed by atoms with Gasteiger partial charge < -0.3 is 14.9 Å². The number of halogens is 2. The Morgan fingerprint density at radius 3 is 2.11 bits per heavy atom. The quantitative estimate of drug-likeness (QED) is 0.556. The topological polar surface area (TPSA) is 73.6 Å². The summed E-state index contributed by atoms with van der Waals surface area (Å²) in [7, 11) is 0. The molecule has 0 saturated carbocycles. The number of hydrogen-bond acceptors (Lipinski definition) is 7. The van der Waals surface area contributed by atoms with Gasteiger partial charge in [0.1, 0.15) is 5.82 Å². The third kappa shape index (κ3) is 5.58. The van der Waals surface area contributed by atoms with E-state index in [1.165, 1.54) is 17.7 Å². The molecule has 2 aliphatic heterocycles. The maximum atomic E-state index is 13.3. The van der Waals surface area contributed by atoms with Gasteiger partial charge in [-0.15, -0.1) is 12.4 Å². The van der Waals surface area contributed by atoms with Crippen LogP contribution in [0.3, 0.4) is 0 Å². The van der Waals surface area contributed by atoms with Crippen molar-refractivity contribution in [1.29, 1.82) is 0 Å². The number of aromatic nitrogens is 4. The second-order valence-electron chi connectivity index (χ2n) is 9.22. The van der Waals surface area contributed by atoms with E-state index < -0.39 is 0 Å². The van der Waals surface area contributed by atoms with E-state index in [4.69, 9.17) is 4.98 Å². The number of piperazine rings is 1.